The first kappa shape index (κ1) is 11.5. The molecule has 0 fully saturated rings. The van der Waals surface area contributed by atoms with Crippen LogP contribution in [0.4, 0.5) is 0 Å². The maximum Gasteiger partial charge on any atom is 0.0108 e. The van der Waals surface area contributed by atoms with Crippen LogP contribution >= 0.6 is 0 Å². The molecule has 1 aliphatic carbocycles. The van der Waals surface area contributed by atoms with Gasteiger partial charge in [0, 0.05) is 12.0 Å². The average molecular weight is 194 g/mol. The van der Waals surface area contributed by atoms with E-state index >= 15 is 0 Å². The molecule has 4 N–H and O–H groups in total. The van der Waals surface area contributed by atoms with Gasteiger partial charge >= 0.3 is 0 Å². The monoisotopic (exact) mass is 194 g/mol. The average Bonchev–Trinajstić information content (AvgIpc) is 2.27. The highest BCUT2D eigenvalue weighted by Gasteiger charge is 2.38. The molecule has 0 saturated carbocycles. The summed E-state index contributed by atoms with van der Waals surface area (Å²) in [5.74, 6) is 0.981. The predicted octanol–water partition coefficient (Wildman–Crippen LogP) is 1.68. The van der Waals surface area contributed by atoms with Crippen LogP contribution in [0, 0.1) is 17.3 Å². The van der Waals surface area contributed by atoms with Gasteiger partial charge in [-0.2, -0.15) is 0 Å². The molecule has 14 heavy (non-hydrogen) atoms. The lowest BCUT2D eigenvalue weighted by Gasteiger charge is -2.42. The normalized spacial score (nSPS) is 33.3. The van der Waals surface area contributed by atoms with E-state index in [-0.39, 0.29) is 5.41 Å². The van der Waals surface area contributed by atoms with Gasteiger partial charge in [0.15, 0.2) is 0 Å². The molecule has 1 aliphatic rings. The molecule has 0 saturated heterocycles. The van der Waals surface area contributed by atoms with Gasteiger partial charge < -0.3 is 11.5 Å². The van der Waals surface area contributed by atoms with E-state index in [2.05, 4.69) is 38.2 Å². The van der Waals surface area contributed by atoms with Crippen molar-refractivity contribution < 1.29 is 0 Å². The van der Waals surface area contributed by atoms with Crippen molar-refractivity contribution in [3.8, 4) is 0 Å². The first-order valence-electron chi connectivity index (χ1n) is 5.47. The molecule has 2 heteroatoms. The molecule has 0 aromatic carbocycles. The lowest BCUT2D eigenvalue weighted by Crippen LogP contribution is -2.44. The fourth-order valence-electron chi connectivity index (χ4n) is 2.36. The van der Waals surface area contributed by atoms with Crippen LogP contribution in [0.5, 0.6) is 0 Å². The Hall–Kier alpha value is -0.600. The molecule has 0 bridgehead atoms. The van der Waals surface area contributed by atoms with Crippen LogP contribution < -0.4 is 11.5 Å². The third-order valence-electron chi connectivity index (χ3n) is 3.69. The lowest BCUT2D eigenvalue weighted by atomic mass is 9.64. The smallest absolute Gasteiger partial charge is 0.0108 e. The largest absolute Gasteiger partial charge is 0.330 e. The molecule has 3 unspecified atom stereocenters. The van der Waals surface area contributed by atoms with Crippen molar-refractivity contribution in [3.05, 3.63) is 24.3 Å². The van der Waals surface area contributed by atoms with E-state index in [9.17, 15) is 0 Å². The van der Waals surface area contributed by atoms with E-state index in [4.69, 9.17) is 11.5 Å². The number of rotatable bonds is 4. The maximum absolute atomic E-state index is 5.94. The first-order valence-corrected chi connectivity index (χ1v) is 5.47. The molecule has 0 amide bonds. The van der Waals surface area contributed by atoms with Crippen molar-refractivity contribution in [1.29, 1.82) is 0 Å². The minimum Gasteiger partial charge on any atom is -0.330 e. The fourth-order valence-corrected chi connectivity index (χ4v) is 2.36. The zero-order chi connectivity index (χ0) is 10.6. The highest BCUT2D eigenvalue weighted by Crippen LogP contribution is 2.40. The van der Waals surface area contributed by atoms with Crippen LogP contribution in [0.3, 0.4) is 0 Å². The zero-order valence-corrected chi connectivity index (χ0v) is 9.24. The summed E-state index contributed by atoms with van der Waals surface area (Å²) in [5.41, 5.74) is 11.8. The van der Waals surface area contributed by atoms with Crippen molar-refractivity contribution in [2.45, 2.75) is 20.3 Å². The van der Waals surface area contributed by atoms with Gasteiger partial charge in [0.05, 0.1) is 0 Å². The summed E-state index contributed by atoms with van der Waals surface area (Å²) in [6.07, 6.45) is 9.77. The van der Waals surface area contributed by atoms with Gasteiger partial charge in [-0.3, -0.25) is 0 Å². The van der Waals surface area contributed by atoms with Gasteiger partial charge in [-0.05, 0) is 18.4 Å². The fraction of sp³-hybridized carbons (Fsp3) is 0.667. The van der Waals surface area contributed by atoms with Crippen LogP contribution in [0.15, 0.2) is 24.3 Å². The highest BCUT2D eigenvalue weighted by molar-refractivity contribution is 5.22. The summed E-state index contributed by atoms with van der Waals surface area (Å²) in [6.45, 7) is 5.84. The number of hydrogen-bond acceptors (Lipinski definition) is 2. The summed E-state index contributed by atoms with van der Waals surface area (Å²) in [7, 11) is 0. The Morgan fingerprint density at radius 3 is 2.57 bits per heavy atom. The Morgan fingerprint density at radius 2 is 2.07 bits per heavy atom. The third-order valence-corrected chi connectivity index (χ3v) is 3.69. The minimum atomic E-state index is 0.0816. The zero-order valence-electron chi connectivity index (χ0n) is 9.24. The molecule has 1 rings (SSSR count). The van der Waals surface area contributed by atoms with Crippen molar-refractivity contribution >= 4 is 0 Å². The van der Waals surface area contributed by atoms with Crippen LogP contribution in [0.1, 0.15) is 20.3 Å². The maximum atomic E-state index is 5.94. The van der Waals surface area contributed by atoms with E-state index in [1.54, 1.807) is 0 Å². The molecular formula is C12H22N2. The highest BCUT2D eigenvalue weighted by atomic mass is 14.7. The summed E-state index contributed by atoms with van der Waals surface area (Å²) in [6, 6.07) is 0. The summed E-state index contributed by atoms with van der Waals surface area (Å²) < 4.78 is 0. The molecule has 0 radical (unpaired) electrons. The van der Waals surface area contributed by atoms with E-state index in [0.29, 0.717) is 24.9 Å². The molecule has 0 heterocycles. The van der Waals surface area contributed by atoms with Gasteiger partial charge in [0.2, 0.25) is 0 Å². The number of hydrogen-bond donors (Lipinski definition) is 2. The Balaban J connectivity index is 2.95. The van der Waals surface area contributed by atoms with Gasteiger partial charge in [0.1, 0.15) is 0 Å². The van der Waals surface area contributed by atoms with Crippen molar-refractivity contribution in [3.63, 3.8) is 0 Å². The molecule has 80 valence electrons. The third kappa shape index (κ3) is 1.77. The lowest BCUT2D eigenvalue weighted by molar-refractivity contribution is 0.180. The first-order chi connectivity index (χ1) is 6.71. The number of allylic oxidation sites excluding steroid dienone is 2. The van der Waals surface area contributed by atoms with E-state index < -0.39 is 0 Å². The van der Waals surface area contributed by atoms with Gasteiger partial charge in [-0.15, -0.1) is 0 Å². The quantitative estimate of drug-likeness (QED) is 0.715. The molecule has 3 atom stereocenters. The van der Waals surface area contributed by atoms with E-state index in [0.717, 1.165) is 6.42 Å². The molecule has 0 aromatic rings. The minimum absolute atomic E-state index is 0.0816. The second kappa shape index (κ2) is 4.76. The summed E-state index contributed by atoms with van der Waals surface area (Å²) in [5, 5.41) is 0. The van der Waals surface area contributed by atoms with Gasteiger partial charge in [-0.1, -0.05) is 44.6 Å². The Kier molecular flexibility index (Phi) is 3.90. The molecular weight excluding hydrogens is 172 g/mol. The van der Waals surface area contributed by atoms with Crippen molar-refractivity contribution in [1.82, 2.24) is 0 Å². The van der Waals surface area contributed by atoms with Crippen LogP contribution in [0.2, 0.25) is 0 Å². The van der Waals surface area contributed by atoms with Crippen molar-refractivity contribution in [2.75, 3.05) is 13.1 Å². The van der Waals surface area contributed by atoms with E-state index in [1.807, 2.05) is 0 Å². The molecule has 0 spiro atoms. The second-order valence-corrected chi connectivity index (χ2v) is 4.21. The van der Waals surface area contributed by atoms with Crippen LogP contribution in [0.25, 0.3) is 0 Å². The predicted molar refractivity (Wildman–Crippen MR) is 61.8 cm³/mol. The Morgan fingerprint density at radius 1 is 1.36 bits per heavy atom. The second-order valence-electron chi connectivity index (χ2n) is 4.21. The Labute approximate surface area is 87.0 Å². The van der Waals surface area contributed by atoms with Crippen LogP contribution in [-0.4, -0.2) is 13.1 Å². The van der Waals surface area contributed by atoms with Crippen molar-refractivity contribution in [2.24, 2.45) is 28.7 Å². The van der Waals surface area contributed by atoms with Gasteiger partial charge in [-0.25, -0.2) is 0 Å². The Bertz CT molecular complexity index is 232. The van der Waals surface area contributed by atoms with Crippen LogP contribution in [-0.2, 0) is 0 Å². The summed E-state index contributed by atoms with van der Waals surface area (Å²) >= 11 is 0. The van der Waals surface area contributed by atoms with Gasteiger partial charge in [0.25, 0.3) is 0 Å². The molecule has 0 aromatic heterocycles. The SMILES string of the molecule is CCC(C)C1(CN)C=CC=CC1CN. The standard InChI is InChI=1S/C12H22N2/c1-3-10(2)12(9-14)7-5-4-6-11(12)8-13/h4-7,10-11H,3,8-9,13-14H2,1-2H3. The summed E-state index contributed by atoms with van der Waals surface area (Å²) in [4.78, 5) is 0. The topological polar surface area (TPSA) is 52.0 Å². The molecule has 0 aliphatic heterocycles. The number of nitrogens with two attached hydrogens (primary N) is 2. The molecule has 2 nitrogen and oxygen atoms in total. The van der Waals surface area contributed by atoms with E-state index in [1.165, 1.54) is 0 Å².